The molecule has 0 atom stereocenters. The van der Waals surface area contributed by atoms with Crippen LogP contribution in [0.2, 0.25) is 0 Å². The third kappa shape index (κ3) is 3.32. The summed E-state index contributed by atoms with van der Waals surface area (Å²) in [7, 11) is 0. The first-order valence-electron chi connectivity index (χ1n) is 8.17. The highest BCUT2D eigenvalue weighted by atomic mass is 32.1. The molecule has 3 rings (SSSR count). The van der Waals surface area contributed by atoms with E-state index in [1.807, 2.05) is 13.8 Å². The Morgan fingerprint density at radius 3 is 2.48 bits per heavy atom. The number of piperidine rings is 1. The molecule has 0 bridgehead atoms. The fourth-order valence-corrected chi connectivity index (χ4v) is 3.94. The highest BCUT2D eigenvalue weighted by molar-refractivity contribution is 7.15. The summed E-state index contributed by atoms with van der Waals surface area (Å²) >= 11 is 1.78. The average molecular weight is 332 g/mol. The lowest BCUT2D eigenvalue weighted by atomic mass is 9.97. The van der Waals surface area contributed by atoms with Crippen molar-refractivity contribution in [2.75, 3.05) is 18.0 Å². The van der Waals surface area contributed by atoms with Crippen LogP contribution in [-0.2, 0) is 6.54 Å². The first-order chi connectivity index (χ1) is 11.0. The van der Waals surface area contributed by atoms with E-state index in [2.05, 4.69) is 28.7 Å². The van der Waals surface area contributed by atoms with Gasteiger partial charge >= 0.3 is 0 Å². The molecule has 0 saturated carbocycles. The number of hydrogen-bond donors (Lipinski definition) is 0. The highest BCUT2D eigenvalue weighted by Gasteiger charge is 2.22. The van der Waals surface area contributed by atoms with Gasteiger partial charge in [0.1, 0.15) is 0 Å². The maximum absolute atomic E-state index is 12.3. The first-order valence-corrected chi connectivity index (χ1v) is 8.99. The van der Waals surface area contributed by atoms with Gasteiger partial charge in [-0.2, -0.15) is 0 Å². The van der Waals surface area contributed by atoms with Gasteiger partial charge in [0.2, 0.25) is 0 Å². The molecule has 1 aliphatic heterocycles. The minimum absolute atomic E-state index is 0.103. The maximum Gasteiger partial charge on any atom is 0.256 e. The molecule has 6 heteroatoms. The Morgan fingerprint density at radius 2 is 1.87 bits per heavy atom. The van der Waals surface area contributed by atoms with Crippen LogP contribution in [0.4, 0.5) is 5.13 Å². The molecule has 5 nitrogen and oxygen atoms in total. The van der Waals surface area contributed by atoms with Crippen LogP contribution < -0.4 is 10.5 Å². The Labute approximate surface area is 141 Å². The van der Waals surface area contributed by atoms with Gasteiger partial charge in [0, 0.05) is 35.8 Å². The number of aryl methyl sites for hydroxylation is 3. The minimum Gasteiger partial charge on any atom is -0.348 e. The topological polar surface area (TPSA) is 51.0 Å². The van der Waals surface area contributed by atoms with Crippen molar-refractivity contribution in [3.05, 3.63) is 38.5 Å². The lowest BCUT2D eigenvalue weighted by Gasteiger charge is -2.32. The Morgan fingerprint density at radius 1 is 1.17 bits per heavy atom. The summed E-state index contributed by atoms with van der Waals surface area (Å²) in [5, 5.41) is 1.14. The molecular weight excluding hydrogens is 308 g/mol. The van der Waals surface area contributed by atoms with Crippen LogP contribution in [0, 0.1) is 33.6 Å². The molecule has 3 heterocycles. The Kier molecular flexibility index (Phi) is 4.53. The SMILES string of the molecule is Cc1nc(N2CCC(Cn3cnc(C)c(C)c3=O)CC2)sc1C. The molecule has 23 heavy (non-hydrogen) atoms. The van der Waals surface area contributed by atoms with E-state index in [0.717, 1.165) is 54.6 Å². The minimum atomic E-state index is 0.103. The molecular formula is C17H24N4OS. The quantitative estimate of drug-likeness (QED) is 0.867. The normalized spacial score (nSPS) is 16.1. The van der Waals surface area contributed by atoms with E-state index in [1.165, 1.54) is 4.88 Å². The fraction of sp³-hybridized carbons (Fsp3) is 0.588. The zero-order valence-electron chi connectivity index (χ0n) is 14.3. The van der Waals surface area contributed by atoms with Crippen LogP contribution in [0.25, 0.3) is 0 Å². The molecule has 1 fully saturated rings. The van der Waals surface area contributed by atoms with Gasteiger partial charge in [0.05, 0.1) is 12.0 Å². The van der Waals surface area contributed by atoms with Gasteiger partial charge in [-0.15, -0.1) is 11.3 Å². The lowest BCUT2D eigenvalue weighted by Crippen LogP contribution is -2.36. The number of nitrogens with zero attached hydrogens (tertiary/aromatic N) is 4. The van der Waals surface area contributed by atoms with Crippen molar-refractivity contribution in [3.8, 4) is 0 Å². The summed E-state index contributed by atoms with van der Waals surface area (Å²) in [5.41, 5.74) is 2.83. The average Bonchev–Trinajstić information content (AvgIpc) is 2.88. The number of thiazole rings is 1. The standard InChI is InChI=1S/C17H24N4OS/c1-11-12(2)18-10-21(16(11)22)9-15-5-7-20(8-6-15)17-19-13(3)14(4)23-17/h10,15H,5-9H2,1-4H3. The molecule has 0 spiro atoms. The van der Waals surface area contributed by atoms with Crippen LogP contribution in [0.5, 0.6) is 0 Å². The number of hydrogen-bond acceptors (Lipinski definition) is 5. The van der Waals surface area contributed by atoms with Crippen molar-refractivity contribution >= 4 is 16.5 Å². The smallest absolute Gasteiger partial charge is 0.256 e. The van der Waals surface area contributed by atoms with Crippen LogP contribution in [0.3, 0.4) is 0 Å². The monoisotopic (exact) mass is 332 g/mol. The van der Waals surface area contributed by atoms with E-state index < -0.39 is 0 Å². The molecule has 0 unspecified atom stereocenters. The summed E-state index contributed by atoms with van der Waals surface area (Å²) in [6, 6.07) is 0. The molecule has 2 aromatic heterocycles. The molecule has 0 amide bonds. The van der Waals surface area contributed by atoms with E-state index in [9.17, 15) is 4.79 Å². The van der Waals surface area contributed by atoms with Crippen LogP contribution >= 0.6 is 11.3 Å². The maximum atomic E-state index is 12.3. The predicted molar refractivity (Wildman–Crippen MR) is 94.5 cm³/mol. The highest BCUT2D eigenvalue weighted by Crippen LogP contribution is 2.29. The molecule has 1 saturated heterocycles. The van der Waals surface area contributed by atoms with Gasteiger partial charge in [-0.05, 0) is 46.5 Å². The molecule has 1 aliphatic rings. The van der Waals surface area contributed by atoms with E-state index >= 15 is 0 Å². The van der Waals surface area contributed by atoms with Crippen molar-refractivity contribution in [3.63, 3.8) is 0 Å². The number of aromatic nitrogens is 3. The number of rotatable bonds is 3. The van der Waals surface area contributed by atoms with Gasteiger partial charge in [0.15, 0.2) is 5.13 Å². The Hall–Kier alpha value is -1.69. The zero-order valence-corrected chi connectivity index (χ0v) is 15.1. The number of anilines is 1. The second-order valence-electron chi connectivity index (χ2n) is 6.48. The second kappa shape index (κ2) is 6.43. The molecule has 2 aromatic rings. The molecule has 0 N–H and O–H groups in total. The summed E-state index contributed by atoms with van der Waals surface area (Å²) in [6.07, 6.45) is 3.89. The van der Waals surface area contributed by atoms with Crippen LogP contribution in [0.1, 0.15) is 34.7 Å². The molecule has 0 aromatic carbocycles. The Balaban J connectivity index is 1.63. The van der Waals surface area contributed by atoms with Gasteiger partial charge in [-0.3, -0.25) is 9.36 Å². The van der Waals surface area contributed by atoms with E-state index in [4.69, 9.17) is 0 Å². The van der Waals surface area contributed by atoms with Crippen molar-refractivity contribution < 1.29 is 0 Å². The van der Waals surface area contributed by atoms with Gasteiger partial charge in [-0.1, -0.05) is 0 Å². The fourth-order valence-electron chi connectivity index (χ4n) is 2.98. The molecule has 0 radical (unpaired) electrons. The van der Waals surface area contributed by atoms with Crippen molar-refractivity contribution in [2.24, 2.45) is 5.92 Å². The molecule has 0 aliphatic carbocycles. The van der Waals surface area contributed by atoms with E-state index in [-0.39, 0.29) is 5.56 Å². The van der Waals surface area contributed by atoms with Gasteiger partial charge in [-0.25, -0.2) is 9.97 Å². The molecule has 124 valence electrons. The summed E-state index contributed by atoms with van der Waals surface area (Å²) in [4.78, 5) is 25.0. The third-order valence-electron chi connectivity index (χ3n) is 4.87. The zero-order chi connectivity index (χ0) is 16.6. The lowest BCUT2D eigenvalue weighted by molar-refractivity contribution is 0.350. The van der Waals surface area contributed by atoms with Crippen molar-refractivity contribution in [2.45, 2.75) is 47.1 Å². The van der Waals surface area contributed by atoms with Gasteiger partial charge < -0.3 is 4.90 Å². The van der Waals surface area contributed by atoms with Crippen LogP contribution in [0.15, 0.2) is 11.1 Å². The first kappa shape index (κ1) is 16.2. The van der Waals surface area contributed by atoms with E-state index in [1.54, 1.807) is 22.2 Å². The largest absolute Gasteiger partial charge is 0.348 e. The summed E-state index contributed by atoms with van der Waals surface area (Å²) in [5.74, 6) is 0.537. The third-order valence-corrected chi connectivity index (χ3v) is 6.01. The van der Waals surface area contributed by atoms with Crippen molar-refractivity contribution in [1.82, 2.24) is 14.5 Å². The van der Waals surface area contributed by atoms with Crippen LogP contribution in [-0.4, -0.2) is 27.6 Å². The Bertz CT molecular complexity index is 737. The predicted octanol–water partition coefficient (Wildman–Crippen LogP) is 2.85. The second-order valence-corrected chi connectivity index (χ2v) is 7.66. The summed E-state index contributed by atoms with van der Waals surface area (Å²) < 4.78 is 1.78. The van der Waals surface area contributed by atoms with E-state index in [0.29, 0.717) is 5.92 Å². The van der Waals surface area contributed by atoms with Gasteiger partial charge in [0.25, 0.3) is 5.56 Å². The summed E-state index contributed by atoms with van der Waals surface area (Å²) in [6.45, 7) is 10.8. The van der Waals surface area contributed by atoms with Crippen molar-refractivity contribution in [1.29, 1.82) is 0 Å².